The average molecular weight is 283 g/mol. The Hall–Kier alpha value is 0.415. The molecule has 0 fully saturated rings. The third-order valence-electron chi connectivity index (χ3n) is 0.744. The van der Waals surface area contributed by atoms with Crippen LogP contribution in [0.25, 0.3) is 0 Å². The molecule has 0 atom stereocenters. The van der Waals surface area contributed by atoms with E-state index < -0.39 is 24.6 Å². The van der Waals surface area contributed by atoms with Gasteiger partial charge in [-0.05, 0) is 0 Å². The van der Waals surface area contributed by atoms with Gasteiger partial charge in [0, 0.05) is 0 Å². The van der Waals surface area contributed by atoms with E-state index >= 15 is 0 Å². The summed E-state index contributed by atoms with van der Waals surface area (Å²) in [6, 6.07) is 0. The molecule has 0 aromatic heterocycles. The first kappa shape index (κ1) is 7.42. The second kappa shape index (κ2) is 6.42. The Bertz CT molecular complexity index is 62.2. The zero-order chi connectivity index (χ0) is 5.54. The van der Waals surface area contributed by atoms with Gasteiger partial charge in [-0.25, -0.2) is 0 Å². The van der Waals surface area contributed by atoms with Crippen LogP contribution in [0.1, 0.15) is 13.8 Å². The van der Waals surface area contributed by atoms with Gasteiger partial charge in [-0.2, -0.15) is 0 Å². The summed E-state index contributed by atoms with van der Waals surface area (Å²) in [5.74, 6) is 0. The van der Waals surface area contributed by atoms with E-state index in [0.717, 1.165) is 0 Å². The van der Waals surface area contributed by atoms with Gasteiger partial charge >= 0.3 is 57.7 Å². The minimum absolute atomic E-state index is 0.566. The molecule has 0 heterocycles. The van der Waals surface area contributed by atoms with Crippen LogP contribution in [0.5, 0.6) is 0 Å². The molecule has 0 rings (SSSR count). The molecule has 0 N–H and O–H groups in total. The fraction of sp³-hybridized carbons (Fsp3) is 0.333. The number of allylic oxidation sites excluding steroid dienone is 2. The zero-order valence-corrected chi connectivity index (χ0v) is 10.5. The topological polar surface area (TPSA) is 0 Å². The van der Waals surface area contributed by atoms with Gasteiger partial charge in [0.25, 0.3) is 0 Å². The van der Waals surface area contributed by atoms with Crippen LogP contribution in [-0.4, -0.2) is 0 Å². The predicted octanol–water partition coefficient (Wildman–Crippen LogP) is 2.14. The minimum atomic E-state index is -0.566. The Morgan fingerprint density at radius 2 is 1.43 bits per heavy atom. The van der Waals surface area contributed by atoms with Crippen LogP contribution in [0, 0.1) is 0 Å². The van der Waals surface area contributed by atoms with Crippen molar-refractivity contribution in [1.29, 1.82) is 0 Å². The number of hydrogen-bond donors (Lipinski definition) is 0. The molecule has 0 aliphatic rings. The van der Waals surface area contributed by atoms with Crippen molar-refractivity contribution in [2.45, 2.75) is 13.8 Å². The quantitative estimate of drug-likeness (QED) is 0.681. The van der Waals surface area contributed by atoms with Gasteiger partial charge in [0.05, 0.1) is 0 Å². The molecule has 0 aliphatic carbocycles. The van der Waals surface area contributed by atoms with Gasteiger partial charge in [0.2, 0.25) is 0 Å². The Labute approximate surface area is 57.7 Å². The van der Waals surface area contributed by atoms with E-state index in [0.29, 0.717) is 0 Å². The van der Waals surface area contributed by atoms with Gasteiger partial charge < -0.3 is 0 Å². The second-order valence-corrected chi connectivity index (χ2v) is 6.87. The fourth-order valence-electron chi connectivity index (χ4n) is 0.351. The van der Waals surface area contributed by atoms with Crippen LogP contribution >= 0.6 is 0 Å². The summed E-state index contributed by atoms with van der Waals surface area (Å²) in [4.78, 5) is 0. The van der Waals surface area contributed by atoms with Gasteiger partial charge in [-0.15, -0.1) is 0 Å². The van der Waals surface area contributed by atoms with Gasteiger partial charge in [0.15, 0.2) is 0 Å². The van der Waals surface area contributed by atoms with Crippen molar-refractivity contribution < 1.29 is 24.6 Å². The molecule has 0 aliphatic heterocycles. The van der Waals surface area contributed by atoms with Gasteiger partial charge in [-0.3, -0.25) is 0 Å². The maximum atomic E-state index is 2.35. The van der Waals surface area contributed by atoms with Crippen molar-refractivity contribution in [1.82, 2.24) is 0 Å². The van der Waals surface area contributed by atoms with E-state index in [1.165, 1.54) is 0 Å². The van der Waals surface area contributed by atoms with Crippen LogP contribution in [0.4, 0.5) is 0 Å². The van der Waals surface area contributed by atoms with Crippen molar-refractivity contribution in [3.63, 3.8) is 0 Å². The first-order valence-corrected chi connectivity index (χ1v) is 8.99. The maximum absolute atomic E-state index is 2.35. The third-order valence-corrected chi connectivity index (χ3v) is 6.52. The molecule has 7 heavy (non-hydrogen) atoms. The number of hydrogen-bond acceptors (Lipinski definition) is 0. The van der Waals surface area contributed by atoms with Crippen molar-refractivity contribution in [3.8, 4) is 0 Å². The van der Waals surface area contributed by atoms with E-state index in [1.54, 1.807) is 0 Å². The molecule has 0 aromatic rings. The van der Waals surface area contributed by atoms with E-state index in [4.69, 9.17) is 0 Å². The fourth-order valence-corrected chi connectivity index (χ4v) is 3.08. The van der Waals surface area contributed by atoms with Gasteiger partial charge in [-0.1, -0.05) is 0 Å². The summed E-state index contributed by atoms with van der Waals surface area (Å²) in [7, 11) is 0. The van der Waals surface area contributed by atoms with E-state index in [9.17, 15) is 0 Å². The number of rotatable bonds is 2. The second-order valence-electron chi connectivity index (χ2n) is 1.37. The van der Waals surface area contributed by atoms with Crippen molar-refractivity contribution in [2.75, 3.05) is 0 Å². The normalized spacial score (nSPS) is 10.6. The Balaban J connectivity index is 2.98. The first-order chi connectivity index (χ1) is 3.41. The SMILES string of the molecule is C/C=[CH]/[Hg]/[CH]=C/C. The average Bonchev–Trinajstić information content (AvgIpc) is 1.69. The zero-order valence-electron chi connectivity index (χ0n) is 5.02. The summed E-state index contributed by atoms with van der Waals surface area (Å²) in [5.41, 5.74) is 0. The molecule has 0 saturated carbocycles. The molecule has 36 valence electrons. The molecular weight excluding hydrogens is 273 g/mol. The van der Waals surface area contributed by atoms with E-state index in [1.807, 2.05) is 0 Å². The van der Waals surface area contributed by atoms with Crippen molar-refractivity contribution in [3.05, 3.63) is 19.3 Å². The molecule has 0 saturated heterocycles. The monoisotopic (exact) mass is 284 g/mol. The van der Waals surface area contributed by atoms with Crippen LogP contribution in [0.15, 0.2) is 19.3 Å². The molecule has 0 spiro atoms. The summed E-state index contributed by atoms with van der Waals surface area (Å²) in [5, 5.41) is 0. The molecule has 0 unspecified atom stereocenters. The van der Waals surface area contributed by atoms with Crippen LogP contribution < -0.4 is 0 Å². The van der Waals surface area contributed by atoms with Gasteiger partial charge in [0.1, 0.15) is 0 Å². The van der Waals surface area contributed by atoms with E-state index in [-0.39, 0.29) is 0 Å². The molecule has 0 aromatic carbocycles. The van der Waals surface area contributed by atoms with Crippen LogP contribution in [0.2, 0.25) is 0 Å². The summed E-state index contributed by atoms with van der Waals surface area (Å²) >= 11 is -0.566. The van der Waals surface area contributed by atoms with Crippen molar-refractivity contribution >= 4 is 0 Å². The summed E-state index contributed by atoms with van der Waals surface area (Å²) < 4.78 is 4.69. The van der Waals surface area contributed by atoms with Crippen molar-refractivity contribution in [2.24, 2.45) is 0 Å². The molecule has 0 bridgehead atoms. The summed E-state index contributed by atoms with van der Waals surface area (Å²) in [6.07, 6.45) is 4.31. The molecule has 0 amide bonds. The third kappa shape index (κ3) is 6.42. The van der Waals surface area contributed by atoms with E-state index in [2.05, 4.69) is 33.2 Å². The Morgan fingerprint density at radius 1 is 1.00 bits per heavy atom. The molecular formula is C6H10Hg. The Kier molecular flexibility index (Phi) is 6.80. The van der Waals surface area contributed by atoms with Crippen LogP contribution in [0.3, 0.4) is 0 Å². The standard InChI is InChI=1S/2C3H5.Hg/c2*1-3-2;/h2*1,3H,2H3;. The molecule has 0 nitrogen and oxygen atoms in total. The molecule has 0 radical (unpaired) electrons. The summed E-state index contributed by atoms with van der Waals surface area (Å²) in [6.45, 7) is 4.17. The molecule has 1 heteroatoms. The first-order valence-electron chi connectivity index (χ1n) is 2.64. The Morgan fingerprint density at radius 3 is 1.71 bits per heavy atom. The predicted molar refractivity (Wildman–Crippen MR) is 29.6 cm³/mol. The van der Waals surface area contributed by atoms with Crippen LogP contribution in [-0.2, 0) is 24.6 Å².